The summed E-state index contributed by atoms with van der Waals surface area (Å²) < 4.78 is 2.93. The van der Waals surface area contributed by atoms with Gasteiger partial charge in [0.15, 0.2) is 0 Å². The lowest BCUT2D eigenvalue weighted by Crippen LogP contribution is -2.16. The van der Waals surface area contributed by atoms with Gasteiger partial charge in [-0.1, -0.05) is 32.1 Å². The van der Waals surface area contributed by atoms with Crippen LogP contribution in [0, 0.1) is 5.41 Å². The van der Waals surface area contributed by atoms with Gasteiger partial charge >= 0.3 is 0 Å². The number of rotatable bonds is 4. The van der Waals surface area contributed by atoms with E-state index in [1.165, 1.54) is 10.9 Å². The number of aromatic nitrogens is 4. The largest absolute Gasteiger partial charge is 0.380 e. The zero-order chi connectivity index (χ0) is 18.3. The molecule has 2 N–H and O–H groups in total. The van der Waals surface area contributed by atoms with Gasteiger partial charge in [0, 0.05) is 24.8 Å². The van der Waals surface area contributed by atoms with Gasteiger partial charge in [-0.2, -0.15) is 0 Å². The van der Waals surface area contributed by atoms with E-state index in [-0.39, 0.29) is 5.41 Å². The molecule has 4 aromatic rings. The van der Waals surface area contributed by atoms with E-state index < -0.39 is 0 Å². The molecule has 4 rings (SSSR count). The van der Waals surface area contributed by atoms with Gasteiger partial charge in [0.05, 0.1) is 15.7 Å². The van der Waals surface area contributed by atoms with Crippen molar-refractivity contribution >= 4 is 43.6 Å². The third-order valence-electron chi connectivity index (χ3n) is 4.35. The molecule has 0 aliphatic rings. The molecular formula is C20H22BrN5. The zero-order valence-electron chi connectivity index (χ0n) is 15.2. The average Bonchev–Trinajstić information content (AvgIpc) is 3.20. The SMILES string of the molecule is CC(C)(C)Cn1nnc2c(Br)c(NCc3ccc4[nH]ccc4c3)ccc21. The van der Waals surface area contributed by atoms with E-state index in [1.54, 1.807) is 0 Å². The van der Waals surface area contributed by atoms with E-state index in [0.717, 1.165) is 39.8 Å². The first-order valence-electron chi connectivity index (χ1n) is 8.72. The summed E-state index contributed by atoms with van der Waals surface area (Å²) in [6.07, 6.45) is 1.97. The number of benzene rings is 2. The summed E-state index contributed by atoms with van der Waals surface area (Å²) in [5.74, 6) is 0. The van der Waals surface area contributed by atoms with E-state index in [9.17, 15) is 0 Å². The first-order chi connectivity index (χ1) is 12.4. The number of fused-ring (bicyclic) bond motifs is 2. The maximum atomic E-state index is 4.37. The van der Waals surface area contributed by atoms with Gasteiger partial charge in [-0.3, -0.25) is 0 Å². The van der Waals surface area contributed by atoms with Gasteiger partial charge < -0.3 is 10.3 Å². The standard InChI is InChI=1S/C20H22BrN5/c1-20(2,3)12-26-17-7-6-16(18(21)19(17)24-25-26)23-11-13-4-5-15-14(10-13)8-9-22-15/h4-10,22-23H,11-12H2,1-3H3. The van der Waals surface area contributed by atoms with Crippen LogP contribution in [0.3, 0.4) is 0 Å². The van der Waals surface area contributed by atoms with Crippen LogP contribution >= 0.6 is 15.9 Å². The number of halogens is 1. The number of nitrogens with zero attached hydrogens (tertiary/aromatic N) is 3. The fourth-order valence-electron chi connectivity index (χ4n) is 3.12. The molecule has 5 nitrogen and oxygen atoms in total. The second-order valence-electron chi connectivity index (χ2n) is 7.86. The van der Waals surface area contributed by atoms with Crippen LogP contribution in [0.25, 0.3) is 21.9 Å². The van der Waals surface area contributed by atoms with Gasteiger partial charge in [-0.25, -0.2) is 4.68 Å². The van der Waals surface area contributed by atoms with Crippen molar-refractivity contribution in [1.29, 1.82) is 0 Å². The lowest BCUT2D eigenvalue weighted by atomic mass is 9.97. The molecule has 0 bridgehead atoms. The Labute approximate surface area is 160 Å². The summed E-state index contributed by atoms with van der Waals surface area (Å²) in [6, 6.07) is 12.7. The number of H-pyrrole nitrogens is 1. The third kappa shape index (κ3) is 3.33. The Morgan fingerprint density at radius 3 is 2.81 bits per heavy atom. The Hall–Kier alpha value is -2.34. The smallest absolute Gasteiger partial charge is 0.129 e. The van der Waals surface area contributed by atoms with Crippen LogP contribution in [0.2, 0.25) is 0 Å². The lowest BCUT2D eigenvalue weighted by Gasteiger charge is -2.18. The molecule has 0 amide bonds. The van der Waals surface area contributed by atoms with Gasteiger partial charge in [-0.15, -0.1) is 5.10 Å². The fraction of sp³-hybridized carbons (Fsp3) is 0.300. The molecule has 26 heavy (non-hydrogen) atoms. The highest BCUT2D eigenvalue weighted by Gasteiger charge is 2.17. The molecule has 0 aliphatic carbocycles. The molecule has 0 saturated heterocycles. The van der Waals surface area contributed by atoms with E-state index in [1.807, 2.05) is 10.9 Å². The summed E-state index contributed by atoms with van der Waals surface area (Å²) in [4.78, 5) is 3.22. The van der Waals surface area contributed by atoms with Gasteiger partial charge in [-0.05, 0) is 62.6 Å². The molecule has 0 saturated carbocycles. The van der Waals surface area contributed by atoms with Crippen LogP contribution in [-0.4, -0.2) is 20.0 Å². The lowest BCUT2D eigenvalue weighted by molar-refractivity contribution is 0.327. The first kappa shape index (κ1) is 17.1. The molecule has 0 fully saturated rings. The number of hydrogen-bond donors (Lipinski definition) is 2. The topological polar surface area (TPSA) is 58.5 Å². The van der Waals surface area contributed by atoms with Crippen molar-refractivity contribution in [1.82, 2.24) is 20.0 Å². The number of aromatic amines is 1. The summed E-state index contributed by atoms with van der Waals surface area (Å²) in [6.45, 7) is 8.19. The number of hydrogen-bond acceptors (Lipinski definition) is 3. The highest BCUT2D eigenvalue weighted by atomic mass is 79.9. The van der Waals surface area contributed by atoms with E-state index in [2.05, 4.69) is 93.7 Å². The Morgan fingerprint density at radius 1 is 1.15 bits per heavy atom. The second-order valence-corrected chi connectivity index (χ2v) is 8.65. The Balaban J connectivity index is 1.57. The summed E-state index contributed by atoms with van der Waals surface area (Å²) in [5, 5.41) is 13.4. The van der Waals surface area contributed by atoms with Crippen LogP contribution in [0.4, 0.5) is 5.69 Å². The van der Waals surface area contributed by atoms with Crippen molar-refractivity contribution in [3.05, 3.63) is 52.6 Å². The van der Waals surface area contributed by atoms with E-state index in [4.69, 9.17) is 0 Å². The van der Waals surface area contributed by atoms with Gasteiger partial charge in [0.1, 0.15) is 5.52 Å². The highest BCUT2D eigenvalue weighted by Crippen LogP contribution is 2.31. The molecule has 6 heteroatoms. The summed E-state index contributed by atoms with van der Waals surface area (Å²) in [7, 11) is 0. The maximum Gasteiger partial charge on any atom is 0.129 e. The molecule has 2 aromatic carbocycles. The minimum Gasteiger partial charge on any atom is -0.380 e. The van der Waals surface area contributed by atoms with Crippen LogP contribution in [0.5, 0.6) is 0 Å². The molecule has 2 heterocycles. The predicted molar refractivity (Wildman–Crippen MR) is 110 cm³/mol. The Morgan fingerprint density at radius 2 is 2.00 bits per heavy atom. The monoisotopic (exact) mass is 411 g/mol. The van der Waals surface area contributed by atoms with Crippen molar-refractivity contribution in [2.45, 2.75) is 33.9 Å². The number of nitrogens with one attached hydrogen (secondary N) is 2. The molecule has 0 aliphatic heterocycles. The minimum absolute atomic E-state index is 0.154. The third-order valence-corrected chi connectivity index (χ3v) is 5.15. The normalized spacial score (nSPS) is 12.2. The predicted octanol–water partition coefficient (Wildman–Crippen LogP) is 5.33. The Bertz CT molecular complexity index is 1070. The fourth-order valence-corrected chi connectivity index (χ4v) is 3.67. The van der Waals surface area contributed by atoms with E-state index in [0.29, 0.717) is 0 Å². The van der Waals surface area contributed by atoms with E-state index >= 15 is 0 Å². The van der Waals surface area contributed by atoms with Crippen molar-refractivity contribution in [3.8, 4) is 0 Å². The minimum atomic E-state index is 0.154. The molecule has 2 aromatic heterocycles. The zero-order valence-corrected chi connectivity index (χ0v) is 16.8. The first-order valence-corrected chi connectivity index (χ1v) is 9.52. The van der Waals surface area contributed by atoms with Crippen LogP contribution in [-0.2, 0) is 13.1 Å². The maximum absolute atomic E-state index is 4.37. The van der Waals surface area contributed by atoms with Gasteiger partial charge in [0.25, 0.3) is 0 Å². The van der Waals surface area contributed by atoms with Crippen molar-refractivity contribution < 1.29 is 0 Å². The van der Waals surface area contributed by atoms with Crippen molar-refractivity contribution in [2.75, 3.05) is 5.32 Å². The quantitative estimate of drug-likeness (QED) is 0.476. The van der Waals surface area contributed by atoms with Crippen LogP contribution in [0.1, 0.15) is 26.3 Å². The summed E-state index contributed by atoms with van der Waals surface area (Å²) in [5.41, 5.74) is 5.51. The van der Waals surface area contributed by atoms with Gasteiger partial charge in [0.2, 0.25) is 0 Å². The molecule has 134 valence electrons. The molecule has 0 atom stereocenters. The molecular weight excluding hydrogens is 390 g/mol. The van der Waals surface area contributed by atoms with Crippen molar-refractivity contribution in [2.24, 2.45) is 5.41 Å². The second kappa shape index (κ2) is 6.43. The molecule has 0 unspecified atom stereocenters. The molecule has 0 radical (unpaired) electrons. The summed E-state index contributed by atoms with van der Waals surface area (Å²) >= 11 is 3.70. The highest BCUT2D eigenvalue weighted by molar-refractivity contribution is 9.10. The van der Waals surface area contributed by atoms with Crippen molar-refractivity contribution in [3.63, 3.8) is 0 Å². The number of anilines is 1. The van der Waals surface area contributed by atoms with Crippen LogP contribution in [0.15, 0.2) is 47.1 Å². The molecule has 0 spiro atoms. The Kier molecular flexibility index (Phi) is 4.23. The average molecular weight is 412 g/mol. The van der Waals surface area contributed by atoms with Crippen LogP contribution < -0.4 is 5.32 Å².